The SMILES string of the molecule is CNC(=O)C(C)(N)c1ccc(N=C(c2ccccc2)c2c(O)[nH]c3cc(Cl)ccc23)cc1. The molecule has 5 N–H and O–H groups in total. The van der Waals surface area contributed by atoms with Crippen molar-refractivity contribution in [3.05, 3.63) is 94.5 Å². The molecule has 0 aliphatic rings. The normalized spacial score (nSPS) is 13.7. The Labute approximate surface area is 190 Å². The van der Waals surface area contributed by atoms with E-state index in [2.05, 4.69) is 10.3 Å². The maximum Gasteiger partial charge on any atom is 0.244 e. The highest BCUT2D eigenvalue weighted by Crippen LogP contribution is 2.33. The van der Waals surface area contributed by atoms with Gasteiger partial charge in [-0.05, 0) is 36.8 Å². The molecule has 1 amide bonds. The number of halogens is 1. The molecule has 0 saturated heterocycles. The molecule has 0 bridgehead atoms. The lowest BCUT2D eigenvalue weighted by Crippen LogP contribution is -2.47. The van der Waals surface area contributed by atoms with Gasteiger partial charge in [-0.25, -0.2) is 4.99 Å². The van der Waals surface area contributed by atoms with E-state index in [9.17, 15) is 9.90 Å². The van der Waals surface area contributed by atoms with Gasteiger partial charge in [0.2, 0.25) is 5.91 Å². The number of H-pyrrole nitrogens is 1. The van der Waals surface area contributed by atoms with Crippen LogP contribution >= 0.6 is 11.6 Å². The maximum absolute atomic E-state index is 12.1. The fraction of sp³-hybridized carbons (Fsp3) is 0.120. The van der Waals surface area contributed by atoms with Crippen LogP contribution in [-0.2, 0) is 10.3 Å². The van der Waals surface area contributed by atoms with Gasteiger partial charge in [-0.1, -0.05) is 60.1 Å². The van der Waals surface area contributed by atoms with Crippen molar-refractivity contribution >= 4 is 39.8 Å². The van der Waals surface area contributed by atoms with E-state index >= 15 is 0 Å². The van der Waals surface area contributed by atoms with Gasteiger partial charge < -0.3 is 21.1 Å². The first-order chi connectivity index (χ1) is 15.3. The van der Waals surface area contributed by atoms with Crippen molar-refractivity contribution in [2.75, 3.05) is 7.05 Å². The number of fused-ring (bicyclic) bond motifs is 1. The van der Waals surface area contributed by atoms with E-state index in [1.54, 1.807) is 50.4 Å². The second-order valence-electron chi connectivity index (χ2n) is 7.69. The zero-order chi connectivity index (χ0) is 22.9. The number of hydrogen-bond acceptors (Lipinski definition) is 4. The lowest BCUT2D eigenvalue weighted by molar-refractivity contribution is -0.125. The Morgan fingerprint density at radius 1 is 1.09 bits per heavy atom. The Kier molecular flexibility index (Phi) is 5.74. The van der Waals surface area contributed by atoms with E-state index in [0.29, 0.717) is 33.1 Å². The van der Waals surface area contributed by atoms with Gasteiger partial charge in [-0.15, -0.1) is 0 Å². The zero-order valence-corrected chi connectivity index (χ0v) is 18.4. The van der Waals surface area contributed by atoms with Crippen molar-refractivity contribution in [2.24, 2.45) is 10.7 Å². The number of carbonyl (C=O) groups excluding carboxylic acids is 1. The number of nitrogens with one attached hydrogen (secondary N) is 2. The highest BCUT2D eigenvalue weighted by Gasteiger charge is 2.29. The number of hydrogen-bond donors (Lipinski definition) is 4. The molecule has 0 saturated carbocycles. The van der Waals surface area contributed by atoms with Gasteiger partial charge in [0.05, 0.1) is 22.5 Å². The number of aromatic hydroxyl groups is 1. The molecule has 1 atom stereocenters. The van der Waals surface area contributed by atoms with Crippen molar-refractivity contribution in [1.29, 1.82) is 0 Å². The number of carbonyl (C=O) groups is 1. The first kappa shape index (κ1) is 21.6. The standard InChI is InChI=1S/C25H23ClN4O2/c1-25(27,24(32)28-2)16-8-11-18(12-9-16)29-22(15-6-4-3-5-7-15)21-19-13-10-17(26)14-20(19)30-23(21)31/h3-14,30-31H,27H2,1-2H3,(H,28,32). The average Bonchev–Trinajstić information content (AvgIpc) is 3.12. The van der Waals surface area contributed by atoms with Gasteiger partial charge in [0.25, 0.3) is 0 Å². The topological polar surface area (TPSA) is 104 Å². The first-order valence-electron chi connectivity index (χ1n) is 10.1. The van der Waals surface area contributed by atoms with Crippen LogP contribution in [0.25, 0.3) is 10.9 Å². The van der Waals surface area contributed by atoms with Gasteiger partial charge in [-0.2, -0.15) is 0 Å². The van der Waals surface area contributed by atoms with Crippen LogP contribution in [0.4, 0.5) is 5.69 Å². The number of aliphatic imine (C=N–C) groups is 1. The minimum atomic E-state index is -1.16. The lowest BCUT2D eigenvalue weighted by atomic mass is 9.92. The molecule has 32 heavy (non-hydrogen) atoms. The lowest BCUT2D eigenvalue weighted by Gasteiger charge is -2.23. The molecule has 7 heteroatoms. The van der Waals surface area contributed by atoms with Gasteiger partial charge in [0.15, 0.2) is 5.88 Å². The smallest absolute Gasteiger partial charge is 0.244 e. The average molecular weight is 447 g/mol. The summed E-state index contributed by atoms with van der Waals surface area (Å²) in [5.41, 5.74) is 9.12. The van der Waals surface area contributed by atoms with E-state index in [-0.39, 0.29) is 11.8 Å². The first-order valence-corrected chi connectivity index (χ1v) is 10.5. The van der Waals surface area contributed by atoms with Crippen molar-refractivity contribution in [3.8, 4) is 5.88 Å². The number of rotatable bonds is 5. The number of aromatic nitrogens is 1. The fourth-order valence-corrected chi connectivity index (χ4v) is 3.83. The summed E-state index contributed by atoms with van der Waals surface area (Å²) in [5, 5.41) is 14.7. The molecule has 1 unspecified atom stereocenters. The molecule has 0 aliphatic carbocycles. The van der Waals surface area contributed by atoms with Crippen LogP contribution in [0.1, 0.15) is 23.6 Å². The van der Waals surface area contributed by atoms with Gasteiger partial charge in [0, 0.05) is 23.0 Å². The van der Waals surface area contributed by atoms with Crippen LogP contribution in [0.15, 0.2) is 77.8 Å². The summed E-state index contributed by atoms with van der Waals surface area (Å²) in [6, 6.07) is 22.2. The number of amides is 1. The number of nitrogens with two attached hydrogens (primary N) is 1. The van der Waals surface area contributed by atoms with E-state index in [1.165, 1.54) is 0 Å². The third-order valence-corrected chi connectivity index (χ3v) is 5.67. The largest absolute Gasteiger partial charge is 0.494 e. The molecular formula is C25H23ClN4O2. The summed E-state index contributed by atoms with van der Waals surface area (Å²) in [7, 11) is 1.55. The molecule has 3 aromatic carbocycles. The van der Waals surface area contributed by atoms with E-state index in [4.69, 9.17) is 22.3 Å². The van der Waals surface area contributed by atoms with E-state index in [0.717, 1.165) is 10.9 Å². The minimum Gasteiger partial charge on any atom is -0.494 e. The Morgan fingerprint density at radius 2 is 1.78 bits per heavy atom. The van der Waals surface area contributed by atoms with Crippen LogP contribution in [0.3, 0.4) is 0 Å². The second kappa shape index (κ2) is 8.49. The number of aromatic amines is 1. The highest BCUT2D eigenvalue weighted by atomic mass is 35.5. The Morgan fingerprint density at radius 3 is 2.44 bits per heavy atom. The summed E-state index contributed by atoms with van der Waals surface area (Å²) in [5.74, 6) is -0.267. The van der Waals surface area contributed by atoms with Crippen LogP contribution in [0, 0.1) is 0 Å². The number of nitrogens with zero attached hydrogens (tertiary/aromatic N) is 1. The molecule has 1 heterocycles. The quantitative estimate of drug-likeness (QED) is 0.336. The molecule has 162 valence electrons. The van der Waals surface area contributed by atoms with Crippen molar-refractivity contribution in [3.63, 3.8) is 0 Å². The second-order valence-corrected chi connectivity index (χ2v) is 8.13. The number of likely N-dealkylation sites (N-methyl/N-ethyl adjacent to an activating group) is 1. The molecule has 1 aromatic heterocycles. The van der Waals surface area contributed by atoms with Gasteiger partial charge in [-0.3, -0.25) is 4.79 Å². The predicted molar refractivity (Wildman–Crippen MR) is 129 cm³/mol. The van der Waals surface area contributed by atoms with E-state index in [1.807, 2.05) is 36.4 Å². The van der Waals surface area contributed by atoms with Crippen molar-refractivity contribution in [1.82, 2.24) is 10.3 Å². The summed E-state index contributed by atoms with van der Waals surface area (Å²) in [6.45, 7) is 1.66. The van der Waals surface area contributed by atoms with Crippen LogP contribution in [0.2, 0.25) is 5.02 Å². The molecule has 4 aromatic rings. The van der Waals surface area contributed by atoms with Crippen LogP contribution < -0.4 is 11.1 Å². The number of benzene rings is 3. The van der Waals surface area contributed by atoms with Gasteiger partial charge >= 0.3 is 0 Å². The summed E-state index contributed by atoms with van der Waals surface area (Å²) >= 11 is 6.12. The van der Waals surface area contributed by atoms with E-state index < -0.39 is 5.54 Å². The third-order valence-electron chi connectivity index (χ3n) is 5.43. The maximum atomic E-state index is 12.1. The van der Waals surface area contributed by atoms with Crippen molar-refractivity contribution in [2.45, 2.75) is 12.5 Å². The molecule has 4 rings (SSSR count). The molecule has 0 fully saturated rings. The zero-order valence-electron chi connectivity index (χ0n) is 17.7. The minimum absolute atomic E-state index is 0.00985. The fourth-order valence-electron chi connectivity index (χ4n) is 3.66. The molecular weight excluding hydrogens is 424 g/mol. The Balaban J connectivity index is 1.85. The van der Waals surface area contributed by atoms with Crippen LogP contribution in [-0.4, -0.2) is 28.8 Å². The Bertz CT molecular complexity index is 1310. The Hall–Kier alpha value is -3.61. The summed E-state index contributed by atoms with van der Waals surface area (Å²) in [6.07, 6.45) is 0. The summed E-state index contributed by atoms with van der Waals surface area (Å²) in [4.78, 5) is 20.0. The van der Waals surface area contributed by atoms with Gasteiger partial charge in [0.1, 0.15) is 5.54 Å². The van der Waals surface area contributed by atoms with Crippen LogP contribution in [0.5, 0.6) is 5.88 Å². The highest BCUT2D eigenvalue weighted by molar-refractivity contribution is 6.31. The molecule has 6 nitrogen and oxygen atoms in total. The summed E-state index contributed by atoms with van der Waals surface area (Å²) < 4.78 is 0. The third kappa shape index (κ3) is 3.98. The molecule has 0 radical (unpaired) electrons. The predicted octanol–water partition coefficient (Wildman–Crippen LogP) is 4.62. The molecule has 0 aliphatic heterocycles. The molecule has 0 spiro atoms. The van der Waals surface area contributed by atoms with Crippen molar-refractivity contribution < 1.29 is 9.90 Å². The monoisotopic (exact) mass is 446 g/mol.